The maximum absolute atomic E-state index is 12.2. The van der Waals surface area contributed by atoms with Crippen LogP contribution in [0.25, 0.3) is 0 Å². The lowest BCUT2D eigenvalue weighted by molar-refractivity contribution is 0.414. The van der Waals surface area contributed by atoms with Gasteiger partial charge in [-0.3, -0.25) is 4.99 Å². The molecule has 0 aliphatic carbocycles. The maximum Gasteiger partial charge on any atom is 0.252 e. The number of ether oxygens (including phenoxy) is 1. The van der Waals surface area contributed by atoms with Crippen molar-refractivity contribution in [2.45, 2.75) is 30.0 Å². The SMILES string of the molecule is CN=C(NCCC(C)c1ccc(OC)cc1)NCc1ccc(S(=O)(=O)N(C)C)s1.I. The standard InChI is InChI=1S/C20H30N4O3S2.HI/c1-15(16-6-8-17(27-5)9-7-16)12-13-22-20(21-2)23-14-18-10-11-19(28-18)29(25,26)24(3)4;/h6-11,15H,12-14H2,1-5H3,(H2,21,22,23);1H. The van der Waals surface area contributed by atoms with Crippen molar-refractivity contribution in [1.29, 1.82) is 0 Å². The fourth-order valence-electron chi connectivity index (χ4n) is 2.67. The van der Waals surface area contributed by atoms with Crippen molar-refractivity contribution in [3.63, 3.8) is 0 Å². The van der Waals surface area contributed by atoms with Crippen LogP contribution in [0.3, 0.4) is 0 Å². The third-order valence-electron chi connectivity index (χ3n) is 4.58. The summed E-state index contributed by atoms with van der Waals surface area (Å²) in [5, 5.41) is 6.54. The molecule has 1 aromatic heterocycles. The highest BCUT2D eigenvalue weighted by molar-refractivity contribution is 14.0. The summed E-state index contributed by atoms with van der Waals surface area (Å²) < 4.78 is 31.1. The zero-order chi connectivity index (χ0) is 21.4. The van der Waals surface area contributed by atoms with Gasteiger partial charge in [0, 0.05) is 32.6 Å². The van der Waals surface area contributed by atoms with E-state index in [2.05, 4.69) is 34.7 Å². The summed E-state index contributed by atoms with van der Waals surface area (Å²) in [5.74, 6) is 1.96. The van der Waals surface area contributed by atoms with Crippen LogP contribution in [0, 0.1) is 0 Å². The van der Waals surface area contributed by atoms with Gasteiger partial charge in [0.05, 0.1) is 13.7 Å². The average molecular weight is 567 g/mol. The summed E-state index contributed by atoms with van der Waals surface area (Å²) in [6.07, 6.45) is 0.956. The maximum atomic E-state index is 12.2. The number of benzene rings is 1. The second-order valence-corrected chi connectivity index (χ2v) is 10.4. The van der Waals surface area contributed by atoms with Gasteiger partial charge in [-0.1, -0.05) is 19.1 Å². The molecule has 0 bridgehead atoms. The lowest BCUT2D eigenvalue weighted by atomic mass is 9.98. The molecule has 2 N–H and O–H groups in total. The molecular formula is C20H31IN4O3S2. The summed E-state index contributed by atoms with van der Waals surface area (Å²) in [6.45, 7) is 3.48. The van der Waals surface area contributed by atoms with E-state index in [0.717, 1.165) is 23.6 Å². The van der Waals surface area contributed by atoms with Gasteiger partial charge in [-0.2, -0.15) is 0 Å². The number of nitrogens with one attached hydrogen (secondary N) is 2. The van der Waals surface area contributed by atoms with Crippen LogP contribution in [0.4, 0.5) is 0 Å². The Morgan fingerprint density at radius 1 is 1.17 bits per heavy atom. The van der Waals surface area contributed by atoms with Gasteiger partial charge in [0.25, 0.3) is 10.0 Å². The Bertz CT molecular complexity index is 912. The number of aliphatic imine (C=N–C) groups is 1. The van der Waals surface area contributed by atoms with Crippen LogP contribution in [0.5, 0.6) is 5.75 Å². The van der Waals surface area contributed by atoms with E-state index < -0.39 is 10.0 Å². The predicted molar refractivity (Wildman–Crippen MR) is 135 cm³/mol. The molecule has 0 aliphatic rings. The van der Waals surface area contributed by atoms with Gasteiger partial charge in [0.1, 0.15) is 9.96 Å². The number of guanidine groups is 1. The second-order valence-electron chi connectivity index (χ2n) is 6.82. The largest absolute Gasteiger partial charge is 0.497 e. The first-order chi connectivity index (χ1) is 13.8. The van der Waals surface area contributed by atoms with E-state index >= 15 is 0 Å². The number of thiophene rings is 1. The van der Waals surface area contributed by atoms with Crippen molar-refractivity contribution in [2.75, 3.05) is 34.8 Å². The highest BCUT2D eigenvalue weighted by Crippen LogP contribution is 2.24. The van der Waals surface area contributed by atoms with E-state index in [0.29, 0.717) is 22.6 Å². The van der Waals surface area contributed by atoms with Crippen LogP contribution in [-0.2, 0) is 16.6 Å². The molecule has 30 heavy (non-hydrogen) atoms. The normalized spacial score (nSPS) is 12.9. The Labute approximate surface area is 201 Å². The number of nitrogens with zero attached hydrogens (tertiary/aromatic N) is 2. The van der Waals surface area contributed by atoms with Gasteiger partial charge in [-0.25, -0.2) is 12.7 Å². The monoisotopic (exact) mass is 566 g/mol. The van der Waals surface area contributed by atoms with Crippen LogP contribution in [0.2, 0.25) is 0 Å². The third kappa shape index (κ3) is 7.40. The highest BCUT2D eigenvalue weighted by atomic mass is 127. The number of methoxy groups -OCH3 is 1. The lowest BCUT2D eigenvalue weighted by Crippen LogP contribution is -2.37. The molecule has 10 heteroatoms. The van der Waals surface area contributed by atoms with Crippen molar-refractivity contribution < 1.29 is 13.2 Å². The van der Waals surface area contributed by atoms with E-state index in [1.54, 1.807) is 20.2 Å². The minimum Gasteiger partial charge on any atom is -0.497 e. The Kier molecular flexibility index (Phi) is 11.1. The Balaban J connectivity index is 0.00000450. The smallest absolute Gasteiger partial charge is 0.252 e. The molecule has 1 atom stereocenters. The first-order valence-electron chi connectivity index (χ1n) is 9.37. The van der Waals surface area contributed by atoms with Gasteiger partial charge in [0.2, 0.25) is 0 Å². The molecule has 0 radical (unpaired) electrons. The van der Waals surface area contributed by atoms with Gasteiger partial charge >= 0.3 is 0 Å². The van der Waals surface area contributed by atoms with Crippen molar-refractivity contribution in [2.24, 2.45) is 4.99 Å². The highest BCUT2D eigenvalue weighted by Gasteiger charge is 2.19. The molecule has 1 aromatic carbocycles. The first-order valence-corrected chi connectivity index (χ1v) is 11.6. The van der Waals surface area contributed by atoms with Crippen LogP contribution in [-0.4, -0.2) is 53.5 Å². The lowest BCUT2D eigenvalue weighted by Gasteiger charge is -2.15. The quantitative estimate of drug-likeness (QED) is 0.276. The van der Waals surface area contributed by atoms with Crippen molar-refractivity contribution in [1.82, 2.24) is 14.9 Å². The molecule has 0 fully saturated rings. The van der Waals surface area contributed by atoms with Crippen molar-refractivity contribution in [3.8, 4) is 5.75 Å². The molecule has 0 amide bonds. The average Bonchev–Trinajstić information content (AvgIpc) is 3.20. The predicted octanol–water partition coefficient (Wildman–Crippen LogP) is 3.48. The fraction of sp³-hybridized carbons (Fsp3) is 0.450. The van der Waals surface area contributed by atoms with E-state index in [4.69, 9.17) is 4.74 Å². The number of halogens is 1. The van der Waals surface area contributed by atoms with Gasteiger partial charge in [-0.15, -0.1) is 35.3 Å². The molecule has 1 unspecified atom stereocenters. The molecule has 0 saturated carbocycles. The topological polar surface area (TPSA) is 83.0 Å². The zero-order valence-electron chi connectivity index (χ0n) is 18.0. The molecule has 1 heterocycles. The second kappa shape index (κ2) is 12.5. The molecule has 0 saturated heterocycles. The number of rotatable bonds is 9. The summed E-state index contributed by atoms with van der Waals surface area (Å²) in [5.41, 5.74) is 1.27. The number of hydrogen-bond donors (Lipinski definition) is 2. The van der Waals surface area contributed by atoms with Crippen molar-refractivity contribution in [3.05, 3.63) is 46.8 Å². The molecule has 0 spiro atoms. The van der Waals surface area contributed by atoms with E-state index in [-0.39, 0.29) is 24.0 Å². The third-order valence-corrected chi connectivity index (χ3v) is 7.95. The summed E-state index contributed by atoms with van der Waals surface area (Å²) in [4.78, 5) is 5.17. The van der Waals surface area contributed by atoms with Gasteiger partial charge < -0.3 is 15.4 Å². The first kappa shape index (κ1) is 26.7. The van der Waals surface area contributed by atoms with Crippen molar-refractivity contribution >= 4 is 51.3 Å². The summed E-state index contributed by atoms with van der Waals surface area (Å²) in [7, 11) is 3.07. The molecule has 0 aliphatic heterocycles. The van der Waals surface area contributed by atoms with E-state index in [1.807, 2.05) is 18.2 Å². The minimum atomic E-state index is -3.38. The molecule has 2 aromatic rings. The van der Waals surface area contributed by atoms with Crippen LogP contribution in [0.1, 0.15) is 29.7 Å². The van der Waals surface area contributed by atoms with Gasteiger partial charge in [0.15, 0.2) is 5.96 Å². The van der Waals surface area contributed by atoms with Crippen LogP contribution < -0.4 is 15.4 Å². The summed E-state index contributed by atoms with van der Waals surface area (Å²) >= 11 is 1.26. The summed E-state index contributed by atoms with van der Waals surface area (Å²) in [6, 6.07) is 11.6. The molecular weight excluding hydrogens is 535 g/mol. The molecule has 2 rings (SSSR count). The van der Waals surface area contributed by atoms with Crippen LogP contribution >= 0.6 is 35.3 Å². The minimum absolute atomic E-state index is 0. The zero-order valence-corrected chi connectivity index (χ0v) is 22.0. The molecule has 168 valence electrons. The Hall–Kier alpha value is -1.37. The molecule has 7 nitrogen and oxygen atoms in total. The fourth-order valence-corrected chi connectivity index (χ4v) is 5.13. The Morgan fingerprint density at radius 3 is 2.40 bits per heavy atom. The van der Waals surface area contributed by atoms with Gasteiger partial charge in [-0.05, 0) is 42.2 Å². The van der Waals surface area contributed by atoms with E-state index in [1.165, 1.54) is 35.3 Å². The number of hydrogen-bond acceptors (Lipinski definition) is 5. The Morgan fingerprint density at radius 2 is 1.83 bits per heavy atom. The van der Waals surface area contributed by atoms with Crippen LogP contribution in [0.15, 0.2) is 45.6 Å². The number of sulfonamides is 1. The van der Waals surface area contributed by atoms with E-state index in [9.17, 15) is 8.42 Å².